The molecule has 1 aliphatic heterocycles. The first kappa shape index (κ1) is 29.1. The molecule has 0 bridgehead atoms. The van der Waals surface area contributed by atoms with Crippen LogP contribution in [0.5, 0.6) is 0 Å². The molecule has 5 heterocycles. The molecule has 0 saturated carbocycles. The molecule has 10 nitrogen and oxygen atoms in total. The lowest BCUT2D eigenvalue weighted by Gasteiger charge is -2.26. The average molecular weight is 629 g/mol. The normalized spacial score (nSPS) is 14.5. The van der Waals surface area contributed by atoms with Gasteiger partial charge in [-0.2, -0.15) is 5.10 Å². The van der Waals surface area contributed by atoms with Gasteiger partial charge in [-0.3, -0.25) is 15.0 Å². The van der Waals surface area contributed by atoms with E-state index in [9.17, 15) is 12.8 Å². The number of likely N-dealkylation sites (tertiary alicyclic amines) is 1. The summed E-state index contributed by atoms with van der Waals surface area (Å²) in [5, 5.41) is 7.57. The van der Waals surface area contributed by atoms with Crippen LogP contribution >= 0.6 is 0 Å². The summed E-state index contributed by atoms with van der Waals surface area (Å²) in [5.74, 6) is -0.681. The molecule has 2 aromatic carbocycles. The van der Waals surface area contributed by atoms with E-state index in [2.05, 4.69) is 39.8 Å². The highest BCUT2D eigenvalue weighted by atomic mass is 32.2. The van der Waals surface area contributed by atoms with Crippen molar-refractivity contribution < 1.29 is 17.2 Å². The van der Waals surface area contributed by atoms with Crippen LogP contribution in [0, 0.1) is 11.6 Å². The van der Waals surface area contributed by atoms with E-state index >= 15 is 4.39 Å². The molecule has 0 unspecified atom stereocenters. The van der Waals surface area contributed by atoms with Crippen molar-refractivity contribution in [1.29, 1.82) is 0 Å². The first-order chi connectivity index (χ1) is 21.7. The van der Waals surface area contributed by atoms with Gasteiger partial charge in [0.25, 0.3) is 0 Å². The van der Waals surface area contributed by atoms with E-state index in [-0.39, 0.29) is 17.6 Å². The average Bonchev–Trinajstić information content (AvgIpc) is 3.65. The van der Waals surface area contributed by atoms with E-state index in [0.717, 1.165) is 31.5 Å². The minimum Gasteiger partial charge on any atom is -0.335 e. The third-order valence-electron chi connectivity index (χ3n) is 8.05. The first-order valence-electron chi connectivity index (χ1n) is 14.6. The quantitative estimate of drug-likeness (QED) is 0.202. The Labute approximate surface area is 258 Å². The van der Waals surface area contributed by atoms with Gasteiger partial charge >= 0.3 is 0 Å². The fraction of sp³-hybridized carbons (Fsp3) is 0.250. The number of benzene rings is 2. The third-order valence-corrected chi connectivity index (χ3v) is 8.72. The van der Waals surface area contributed by atoms with E-state index in [4.69, 9.17) is 0 Å². The zero-order chi connectivity index (χ0) is 31.1. The first-order valence-corrected chi connectivity index (χ1v) is 16.5. The van der Waals surface area contributed by atoms with Crippen molar-refractivity contribution in [1.82, 2.24) is 39.8 Å². The summed E-state index contributed by atoms with van der Waals surface area (Å²) >= 11 is 0. The van der Waals surface area contributed by atoms with Gasteiger partial charge in [0, 0.05) is 48.4 Å². The number of fused-ring (bicyclic) bond motifs is 2. The summed E-state index contributed by atoms with van der Waals surface area (Å²) in [4.78, 5) is 19.0. The zero-order valence-corrected chi connectivity index (χ0v) is 25.3. The molecule has 0 aliphatic carbocycles. The molecule has 1 fully saturated rings. The van der Waals surface area contributed by atoms with Gasteiger partial charge in [0.1, 0.15) is 17.3 Å². The molecule has 0 spiro atoms. The molecule has 230 valence electrons. The van der Waals surface area contributed by atoms with Gasteiger partial charge in [-0.1, -0.05) is 6.42 Å². The monoisotopic (exact) mass is 628 g/mol. The van der Waals surface area contributed by atoms with Crippen LogP contribution in [0.4, 0.5) is 8.78 Å². The highest BCUT2D eigenvalue weighted by Gasteiger charge is 2.21. The molecule has 0 radical (unpaired) electrons. The standard InChI is InChI=1S/C32H30F2N8O2S/c1-45(43,44)37-16-19-11-21(14-23(33)13-19)25-7-8-36-31-29(25)38-32(39-31)30-27-26(40-41-30)6-5-24(28(27)34)22-12-20(15-35-17-22)18-42-9-3-2-4-10-42/h5-8,11-15,17,37H,2-4,9-10,16,18H2,1H3,(H,40,41)(H,36,38,39). The molecule has 45 heavy (non-hydrogen) atoms. The number of nitrogens with zero attached hydrogens (tertiary/aromatic N) is 5. The number of pyridine rings is 2. The minimum absolute atomic E-state index is 0.0659. The maximum Gasteiger partial charge on any atom is 0.209 e. The van der Waals surface area contributed by atoms with Gasteiger partial charge < -0.3 is 4.98 Å². The van der Waals surface area contributed by atoms with Crippen molar-refractivity contribution in [2.75, 3.05) is 19.3 Å². The number of nitrogens with one attached hydrogen (secondary N) is 3. The number of hydrogen-bond donors (Lipinski definition) is 3. The van der Waals surface area contributed by atoms with E-state index < -0.39 is 21.7 Å². The number of hydrogen-bond acceptors (Lipinski definition) is 7. The lowest BCUT2D eigenvalue weighted by Crippen LogP contribution is -2.29. The van der Waals surface area contributed by atoms with Crippen molar-refractivity contribution in [3.05, 3.63) is 83.8 Å². The lowest BCUT2D eigenvalue weighted by molar-refractivity contribution is 0.220. The Morgan fingerprint density at radius 2 is 1.78 bits per heavy atom. The third kappa shape index (κ3) is 6.06. The summed E-state index contributed by atoms with van der Waals surface area (Å²) < 4.78 is 56.5. The second kappa shape index (κ2) is 11.7. The summed E-state index contributed by atoms with van der Waals surface area (Å²) in [7, 11) is -3.46. The predicted octanol–water partition coefficient (Wildman–Crippen LogP) is 5.54. The van der Waals surface area contributed by atoms with Gasteiger partial charge in [-0.05, 0) is 85.1 Å². The van der Waals surface area contributed by atoms with Gasteiger partial charge in [-0.15, -0.1) is 0 Å². The largest absolute Gasteiger partial charge is 0.335 e. The summed E-state index contributed by atoms with van der Waals surface area (Å²) in [6.07, 6.45) is 9.72. The van der Waals surface area contributed by atoms with E-state index in [1.165, 1.54) is 31.4 Å². The second-order valence-electron chi connectivity index (χ2n) is 11.4. The topological polar surface area (TPSA) is 133 Å². The molecule has 3 N–H and O–H groups in total. The molecule has 13 heteroatoms. The van der Waals surface area contributed by atoms with Crippen molar-refractivity contribution in [3.63, 3.8) is 0 Å². The number of rotatable bonds is 8. The predicted molar refractivity (Wildman–Crippen MR) is 168 cm³/mol. The number of halogens is 2. The number of sulfonamides is 1. The Balaban J connectivity index is 1.26. The van der Waals surface area contributed by atoms with E-state index in [1.807, 2.05) is 12.3 Å². The molecule has 4 aromatic heterocycles. The highest BCUT2D eigenvalue weighted by Crippen LogP contribution is 2.35. The number of imidazole rings is 1. The van der Waals surface area contributed by atoms with Gasteiger partial charge in [-0.25, -0.2) is 31.9 Å². The van der Waals surface area contributed by atoms with Crippen molar-refractivity contribution >= 4 is 32.1 Å². The lowest BCUT2D eigenvalue weighted by atomic mass is 10.0. The van der Waals surface area contributed by atoms with Crippen LogP contribution in [0.1, 0.15) is 30.4 Å². The molecule has 7 rings (SSSR count). The molecule has 0 atom stereocenters. The van der Waals surface area contributed by atoms with Crippen LogP contribution in [0.25, 0.3) is 55.8 Å². The Morgan fingerprint density at radius 3 is 2.60 bits per heavy atom. The summed E-state index contributed by atoms with van der Waals surface area (Å²) in [5.41, 5.74) is 5.28. The van der Waals surface area contributed by atoms with Crippen LogP contribution in [-0.2, 0) is 23.1 Å². The van der Waals surface area contributed by atoms with Gasteiger partial charge in [0.2, 0.25) is 10.0 Å². The minimum atomic E-state index is -3.46. The highest BCUT2D eigenvalue weighted by molar-refractivity contribution is 7.88. The fourth-order valence-electron chi connectivity index (χ4n) is 5.95. The number of piperidine rings is 1. The molecule has 0 amide bonds. The second-order valence-corrected chi connectivity index (χ2v) is 13.3. The zero-order valence-electron chi connectivity index (χ0n) is 24.4. The summed E-state index contributed by atoms with van der Waals surface area (Å²) in [6.45, 7) is 2.82. The number of H-pyrrole nitrogens is 2. The number of aromatic nitrogens is 6. The Hall–Kier alpha value is -4.59. The van der Waals surface area contributed by atoms with Crippen molar-refractivity contribution in [2.24, 2.45) is 0 Å². The van der Waals surface area contributed by atoms with Crippen LogP contribution < -0.4 is 4.72 Å². The van der Waals surface area contributed by atoms with E-state index in [0.29, 0.717) is 50.3 Å². The van der Waals surface area contributed by atoms with Crippen LogP contribution in [-0.4, -0.2) is 62.8 Å². The maximum absolute atomic E-state index is 16.3. The smallest absolute Gasteiger partial charge is 0.209 e. The SMILES string of the molecule is CS(=O)(=O)NCc1cc(F)cc(-c2ccnc3nc(-c4n[nH]c5ccc(-c6cncc(CN7CCCCC7)c6)c(F)c45)[nH]c23)c1. The van der Waals surface area contributed by atoms with Crippen LogP contribution in [0.3, 0.4) is 0 Å². The summed E-state index contributed by atoms with van der Waals surface area (Å²) in [6, 6.07) is 11.5. The number of aromatic amines is 2. The Morgan fingerprint density at radius 1 is 0.956 bits per heavy atom. The van der Waals surface area contributed by atoms with Crippen molar-refractivity contribution in [3.8, 4) is 33.8 Å². The fourth-order valence-corrected chi connectivity index (χ4v) is 6.38. The molecule has 1 saturated heterocycles. The molecule has 6 aromatic rings. The molecular weight excluding hydrogens is 598 g/mol. The Kier molecular flexibility index (Phi) is 7.59. The molecular formula is C32H30F2N8O2S. The van der Waals surface area contributed by atoms with Crippen LogP contribution in [0.2, 0.25) is 0 Å². The Bertz CT molecular complexity index is 2160. The van der Waals surface area contributed by atoms with Crippen LogP contribution in [0.15, 0.2) is 61.1 Å². The van der Waals surface area contributed by atoms with Crippen molar-refractivity contribution in [2.45, 2.75) is 32.4 Å². The van der Waals surface area contributed by atoms with Gasteiger partial charge in [0.15, 0.2) is 11.5 Å². The maximum atomic E-state index is 16.3. The van der Waals surface area contributed by atoms with Gasteiger partial charge in [0.05, 0.1) is 22.7 Å². The van der Waals surface area contributed by atoms with E-state index in [1.54, 1.807) is 36.7 Å². The molecule has 1 aliphatic rings.